The number of anilines is 1. The lowest BCUT2D eigenvalue weighted by molar-refractivity contribution is -0.145. The molecule has 0 unspecified atom stereocenters. The van der Waals surface area contributed by atoms with Gasteiger partial charge in [-0.25, -0.2) is 0 Å². The fourth-order valence-corrected chi connectivity index (χ4v) is 6.11. The second-order valence-corrected chi connectivity index (χ2v) is 9.92. The molecule has 5 rings (SSSR count). The van der Waals surface area contributed by atoms with Crippen LogP contribution in [0.25, 0.3) is 0 Å². The van der Waals surface area contributed by atoms with Gasteiger partial charge in [-0.1, -0.05) is 30.7 Å². The van der Waals surface area contributed by atoms with Gasteiger partial charge in [-0.2, -0.15) is 0 Å². The number of ether oxygens (including phenoxy) is 2. The predicted octanol–water partition coefficient (Wildman–Crippen LogP) is 4.05. The lowest BCUT2D eigenvalue weighted by Crippen LogP contribution is -2.49. The molecule has 2 heterocycles. The lowest BCUT2D eigenvalue weighted by atomic mass is 9.62. The lowest BCUT2D eigenvalue weighted by Gasteiger charge is -2.43. The molecule has 0 amide bonds. The Bertz CT molecular complexity index is 915. The molecular weight excluding hydrogens is 388 g/mol. The largest absolute Gasteiger partial charge is 0.497 e. The molecule has 0 spiro atoms. The van der Waals surface area contributed by atoms with Crippen LogP contribution in [0.5, 0.6) is 5.75 Å². The van der Waals surface area contributed by atoms with Gasteiger partial charge in [0.15, 0.2) is 0 Å². The molecule has 0 bridgehead atoms. The first-order valence-corrected chi connectivity index (χ1v) is 11.7. The van der Waals surface area contributed by atoms with Crippen LogP contribution < -0.4 is 9.64 Å². The molecule has 1 aromatic carbocycles. The average Bonchev–Trinajstić information content (AvgIpc) is 3.06. The topological polar surface area (TPSA) is 42.0 Å². The maximum absolute atomic E-state index is 12.8. The van der Waals surface area contributed by atoms with Crippen LogP contribution in [0.2, 0.25) is 0 Å². The SMILES string of the molecule is COc1cccc(N2CCN(C[C@@H]3C(=O)O[C@@H]4C[C@]5(C)CCC=C(C)C5=C[C@@H]34)CC2)c1. The molecule has 2 fully saturated rings. The van der Waals surface area contributed by atoms with Crippen molar-refractivity contribution >= 4 is 11.7 Å². The van der Waals surface area contributed by atoms with Crippen LogP contribution in [0.3, 0.4) is 0 Å². The molecule has 0 radical (unpaired) electrons. The minimum Gasteiger partial charge on any atom is -0.497 e. The van der Waals surface area contributed by atoms with Crippen LogP contribution in [-0.4, -0.2) is 56.8 Å². The van der Waals surface area contributed by atoms with Gasteiger partial charge in [-0.05, 0) is 49.3 Å². The summed E-state index contributed by atoms with van der Waals surface area (Å²) >= 11 is 0. The monoisotopic (exact) mass is 422 g/mol. The third-order valence-electron chi connectivity index (χ3n) is 7.94. The summed E-state index contributed by atoms with van der Waals surface area (Å²) in [6.07, 6.45) is 8.08. The summed E-state index contributed by atoms with van der Waals surface area (Å²) in [6.45, 7) is 9.24. The Labute approximate surface area is 185 Å². The van der Waals surface area contributed by atoms with Gasteiger partial charge < -0.3 is 14.4 Å². The highest BCUT2D eigenvalue weighted by Crippen LogP contribution is 2.52. The molecule has 2 saturated heterocycles. The third-order valence-corrected chi connectivity index (χ3v) is 7.94. The van der Waals surface area contributed by atoms with E-state index in [1.54, 1.807) is 7.11 Å². The van der Waals surface area contributed by atoms with Gasteiger partial charge in [0.1, 0.15) is 11.9 Å². The Hall–Kier alpha value is -2.27. The zero-order valence-corrected chi connectivity index (χ0v) is 19.0. The summed E-state index contributed by atoms with van der Waals surface area (Å²) in [5.41, 5.74) is 4.23. The first-order chi connectivity index (χ1) is 15.0. The average molecular weight is 423 g/mol. The highest BCUT2D eigenvalue weighted by atomic mass is 16.6. The number of hydrogen-bond acceptors (Lipinski definition) is 5. The van der Waals surface area contributed by atoms with E-state index in [1.165, 1.54) is 16.8 Å². The molecule has 1 aromatic rings. The molecule has 4 atom stereocenters. The van der Waals surface area contributed by atoms with E-state index in [1.807, 2.05) is 12.1 Å². The van der Waals surface area contributed by atoms with Crippen molar-refractivity contribution in [1.82, 2.24) is 4.90 Å². The summed E-state index contributed by atoms with van der Waals surface area (Å²) in [5.74, 6) is 1.07. The number of hydrogen-bond donors (Lipinski definition) is 0. The van der Waals surface area contributed by atoms with Crippen LogP contribution in [-0.2, 0) is 9.53 Å². The van der Waals surface area contributed by atoms with Crippen LogP contribution in [0.4, 0.5) is 5.69 Å². The van der Waals surface area contributed by atoms with Crippen molar-refractivity contribution in [3.63, 3.8) is 0 Å². The van der Waals surface area contributed by atoms with E-state index in [9.17, 15) is 4.79 Å². The van der Waals surface area contributed by atoms with Crippen molar-refractivity contribution in [2.75, 3.05) is 44.7 Å². The minimum absolute atomic E-state index is 0.00551. The van der Waals surface area contributed by atoms with E-state index in [4.69, 9.17) is 9.47 Å². The second-order valence-electron chi connectivity index (χ2n) is 9.92. The van der Waals surface area contributed by atoms with Gasteiger partial charge in [0.2, 0.25) is 0 Å². The number of nitrogens with zero attached hydrogens (tertiary/aromatic N) is 2. The van der Waals surface area contributed by atoms with Gasteiger partial charge in [-0.15, -0.1) is 0 Å². The number of fused-ring (bicyclic) bond motifs is 2. The summed E-state index contributed by atoms with van der Waals surface area (Å²) < 4.78 is 11.3. The summed E-state index contributed by atoms with van der Waals surface area (Å²) in [4.78, 5) is 17.7. The van der Waals surface area contributed by atoms with Crippen molar-refractivity contribution < 1.29 is 14.3 Å². The Kier molecular flexibility index (Phi) is 5.33. The molecule has 166 valence electrons. The molecule has 31 heavy (non-hydrogen) atoms. The van der Waals surface area contributed by atoms with Gasteiger partial charge in [-0.3, -0.25) is 9.69 Å². The van der Waals surface area contributed by atoms with Crippen LogP contribution in [0.15, 0.2) is 47.6 Å². The van der Waals surface area contributed by atoms with Crippen LogP contribution in [0, 0.1) is 17.3 Å². The number of carbonyl (C=O) groups excluding carboxylic acids is 1. The molecular formula is C26H34N2O3. The number of benzene rings is 1. The van der Waals surface area contributed by atoms with E-state index in [0.717, 1.165) is 57.7 Å². The van der Waals surface area contributed by atoms with Gasteiger partial charge in [0, 0.05) is 50.4 Å². The van der Waals surface area contributed by atoms with Crippen molar-refractivity contribution in [2.24, 2.45) is 17.3 Å². The van der Waals surface area contributed by atoms with Crippen molar-refractivity contribution in [2.45, 2.75) is 39.2 Å². The number of esters is 1. The van der Waals surface area contributed by atoms with E-state index in [0.29, 0.717) is 0 Å². The number of allylic oxidation sites excluding steroid dienone is 3. The quantitative estimate of drug-likeness (QED) is 0.685. The van der Waals surface area contributed by atoms with Crippen LogP contribution in [0.1, 0.15) is 33.1 Å². The molecule has 0 N–H and O–H groups in total. The summed E-state index contributed by atoms with van der Waals surface area (Å²) in [5, 5.41) is 0. The molecule has 4 aliphatic rings. The van der Waals surface area contributed by atoms with E-state index in [-0.39, 0.29) is 29.3 Å². The zero-order chi connectivity index (χ0) is 21.6. The zero-order valence-electron chi connectivity index (χ0n) is 19.0. The maximum atomic E-state index is 12.8. The first kappa shape index (κ1) is 20.6. The number of methoxy groups -OCH3 is 1. The van der Waals surface area contributed by atoms with E-state index >= 15 is 0 Å². The maximum Gasteiger partial charge on any atom is 0.311 e. The van der Waals surface area contributed by atoms with Gasteiger partial charge >= 0.3 is 5.97 Å². The molecule has 0 aromatic heterocycles. The van der Waals surface area contributed by atoms with Crippen molar-refractivity contribution in [3.8, 4) is 5.75 Å². The highest BCUT2D eigenvalue weighted by Gasteiger charge is 2.51. The van der Waals surface area contributed by atoms with Crippen LogP contribution >= 0.6 is 0 Å². The van der Waals surface area contributed by atoms with Gasteiger partial charge in [0.05, 0.1) is 13.0 Å². The molecule has 5 nitrogen and oxygen atoms in total. The number of rotatable bonds is 4. The number of piperazine rings is 1. The molecule has 0 saturated carbocycles. The third kappa shape index (κ3) is 3.78. The Balaban J connectivity index is 1.26. The van der Waals surface area contributed by atoms with E-state index in [2.05, 4.69) is 47.9 Å². The normalized spacial score (nSPS) is 33.2. The summed E-state index contributed by atoms with van der Waals surface area (Å²) in [6, 6.07) is 8.26. The Morgan fingerprint density at radius 3 is 2.81 bits per heavy atom. The molecule has 2 aliphatic carbocycles. The van der Waals surface area contributed by atoms with Crippen molar-refractivity contribution in [1.29, 1.82) is 0 Å². The Morgan fingerprint density at radius 2 is 2.03 bits per heavy atom. The number of carbonyl (C=O) groups is 1. The standard InChI is InChI=1S/C26H34N2O3/c1-18-6-5-9-26(2)16-24-21(15-23(18)26)22(25(29)31-24)17-27-10-12-28(13-11-27)19-7-4-8-20(14-19)30-3/h4,6-8,14-15,21-22,24H,5,9-13,16-17H2,1-3H3/t21-,22-,24+,26-/m0/s1. The molecule has 5 heteroatoms. The second kappa shape index (κ2) is 8.01. The summed E-state index contributed by atoms with van der Waals surface area (Å²) in [7, 11) is 1.71. The predicted molar refractivity (Wildman–Crippen MR) is 122 cm³/mol. The fourth-order valence-electron chi connectivity index (χ4n) is 6.11. The van der Waals surface area contributed by atoms with E-state index < -0.39 is 0 Å². The fraction of sp³-hybridized carbons (Fsp3) is 0.577. The van der Waals surface area contributed by atoms with Gasteiger partial charge in [0.25, 0.3) is 0 Å². The minimum atomic E-state index is -0.0415. The van der Waals surface area contributed by atoms with Crippen molar-refractivity contribution in [3.05, 3.63) is 47.6 Å². The first-order valence-electron chi connectivity index (χ1n) is 11.7. The smallest absolute Gasteiger partial charge is 0.311 e. The highest BCUT2D eigenvalue weighted by molar-refractivity contribution is 5.76. The Morgan fingerprint density at radius 1 is 1.23 bits per heavy atom. The molecule has 2 aliphatic heterocycles.